The molecule has 0 unspecified atom stereocenters. The predicted octanol–water partition coefficient (Wildman–Crippen LogP) is 2.93. The number of rotatable bonds is 6. The first-order valence-corrected chi connectivity index (χ1v) is 12.5. The maximum absolute atomic E-state index is 13.2. The molecule has 0 radical (unpaired) electrons. The van der Waals surface area contributed by atoms with Gasteiger partial charge in [0.1, 0.15) is 4.21 Å². The molecule has 1 aliphatic rings. The van der Waals surface area contributed by atoms with Crippen molar-refractivity contribution in [3.63, 3.8) is 0 Å². The Morgan fingerprint density at radius 1 is 1.27 bits per heavy atom. The smallest absolute Gasteiger partial charge is 0.337 e. The van der Waals surface area contributed by atoms with Crippen LogP contribution in [0.15, 0.2) is 44.4 Å². The molecule has 0 aliphatic carbocycles. The Labute approximate surface area is 194 Å². The minimum atomic E-state index is -3.77. The molecule has 12 heteroatoms. The summed E-state index contributed by atoms with van der Waals surface area (Å²) in [6.45, 7) is 2.09. The number of hydrogen-bond donors (Lipinski definition) is 1. The summed E-state index contributed by atoms with van der Waals surface area (Å²) >= 11 is 1.08. The second kappa shape index (κ2) is 9.41. The van der Waals surface area contributed by atoms with E-state index in [2.05, 4.69) is 20.2 Å². The molecule has 2 aromatic heterocycles. The van der Waals surface area contributed by atoms with E-state index in [1.165, 1.54) is 17.5 Å². The summed E-state index contributed by atoms with van der Waals surface area (Å²) in [7, 11) is -2.47. The summed E-state index contributed by atoms with van der Waals surface area (Å²) in [6.07, 6.45) is 1.15. The average molecular weight is 491 g/mol. The second-order valence-electron chi connectivity index (χ2n) is 7.55. The number of aryl methyl sites for hydroxylation is 1. The van der Waals surface area contributed by atoms with Crippen LogP contribution in [0.1, 0.15) is 29.1 Å². The largest absolute Gasteiger partial charge is 0.465 e. The third-order valence-corrected chi connectivity index (χ3v) is 8.56. The Bertz CT molecular complexity index is 1270. The molecule has 1 aromatic carbocycles. The quantitative estimate of drug-likeness (QED) is 0.522. The van der Waals surface area contributed by atoms with E-state index in [0.717, 1.165) is 11.3 Å². The highest BCUT2D eigenvalue weighted by Crippen LogP contribution is 2.31. The third-order valence-electron chi connectivity index (χ3n) is 5.28. The first-order chi connectivity index (χ1) is 15.8. The molecule has 10 nitrogen and oxygen atoms in total. The summed E-state index contributed by atoms with van der Waals surface area (Å²) in [6, 6.07) is 7.84. The number of piperidine rings is 1. The molecule has 174 valence electrons. The summed E-state index contributed by atoms with van der Waals surface area (Å²) in [4.78, 5) is 28.5. The molecule has 1 fully saturated rings. The Morgan fingerprint density at radius 3 is 2.70 bits per heavy atom. The minimum absolute atomic E-state index is 0.0863. The Kier molecular flexibility index (Phi) is 6.58. The summed E-state index contributed by atoms with van der Waals surface area (Å²) in [5, 5.41) is 8.29. The van der Waals surface area contributed by atoms with Gasteiger partial charge >= 0.3 is 5.97 Å². The fourth-order valence-electron chi connectivity index (χ4n) is 3.54. The van der Waals surface area contributed by atoms with E-state index in [1.807, 2.05) is 0 Å². The zero-order valence-electron chi connectivity index (χ0n) is 18.0. The first-order valence-electron chi connectivity index (χ1n) is 10.2. The number of esters is 1. The topological polar surface area (TPSA) is 132 Å². The van der Waals surface area contributed by atoms with Gasteiger partial charge in [0.05, 0.1) is 18.6 Å². The fourth-order valence-corrected chi connectivity index (χ4v) is 6.37. The van der Waals surface area contributed by atoms with E-state index >= 15 is 0 Å². The van der Waals surface area contributed by atoms with E-state index in [0.29, 0.717) is 47.9 Å². The molecule has 0 spiro atoms. The molecule has 1 atom stereocenters. The Hall–Kier alpha value is -3.09. The van der Waals surface area contributed by atoms with Crippen molar-refractivity contribution < 1.29 is 27.3 Å². The van der Waals surface area contributed by atoms with E-state index in [-0.39, 0.29) is 16.7 Å². The van der Waals surface area contributed by atoms with Crippen molar-refractivity contribution in [2.75, 3.05) is 25.5 Å². The lowest BCUT2D eigenvalue weighted by Gasteiger charge is -2.30. The molecule has 1 saturated heterocycles. The van der Waals surface area contributed by atoms with Crippen LogP contribution in [-0.2, 0) is 19.6 Å². The number of nitrogens with zero attached hydrogens (tertiary/aromatic N) is 3. The summed E-state index contributed by atoms with van der Waals surface area (Å²) in [5.41, 5.74) is 1.46. The molecule has 0 saturated carbocycles. The van der Waals surface area contributed by atoms with E-state index in [1.54, 1.807) is 36.6 Å². The maximum Gasteiger partial charge on any atom is 0.337 e. The molecule has 0 bridgehead atoms. The number of nitrogens with one attached hydrogen (secondary N) is 1. The number of ether oxygens (including phenoxy) is 1. The van der Waals surface area contributed by atoms with Crippen LogP contribution in [0, 0.1) is 12.8 Å². The lowest BCUT2D eigenvalue weighted by atomic mass is 9.98. The zero-order chi connectivity index (χ0) is 23.6. The highest BCUT2D eigenvalue weighted by atomic mass is 32.2. The summed E-state index contributed by atoms with van der Waals surface area (Å²) < 4.78 is 37.5. The van der Waals surface area contributed by atoms with Crippen LogP contribution in [0.2, 0.25) is 0 Å². The number of methoxy groups -OCH3 is 1. The van der Waals surface area contributed by atoms with Crippen molar-refractivity contribution >= 4 is 38.9 Å². The Balaban J connectivity index is 1.43. The van der Waals surface area contributed by atoms with Crippen LogP contribution in [0.25, 0.3) is 11.4 Å². The van der Waals surface area contributed by atoms with Crippen molar-refractivity contribution in [1.82, 2.24) is 14.4 Å². The van der Waals surface area contributed by atoms with E-state index in [9.17, 15) is 18.0 Å². The molecule has 4 rings (SSSR count). The number of aromatic nitrogens is 2. The number of benzene rings is 1. The van der Waals surface area contributed by atoms with Crippen molar-refractivity contribution in [2.45, 2.75) is 24.0 Å². The normalized spacial score (nSPS) is 17.0. The van der Waals surface area contributed by atoms with Gasteiger partial charge < -0.3 is 14.6 Å². The van der Waals surface area contributed by atoms with Crippen molar-refractivity contribution in [3.8, 4) is 11.4 Å². The zero-order valence-corrected chi connectivity index (χ0v) is 19.6. The number of sulfonamides is 1. The molecular weight excluding hydrogens is 468 g/mol. The van der Waals surface area contributed by atoms with Crippen molar-refractivity contribution in [3.05, 3.63) is 47.2 Å². The van der Waals surface area contributed by atoms with Crippen molar-refractivity contribution in [2.24, 2.45) is 5.92 Å². The van der Waals surface area contributed by atoms with Gasteiger partial charge in [0, 0.05) is 36.6 Å². The monoisotopic (exact) mass is 490 g/mol. The van der Waals surface area contributed by atoms with Crippen LogP contribution >= 0.6 is 11.3 Å². The molecule has 1 amide bonds. The van der Waals surface area contributed by atoms with Crippen LogP contribution in [0.5, 0.6) is 0 Å². The van der Waals surface area contributed by atoms with Gasteiger partial charge in [0.15, 0.2) is 0 Å². The number of carbonyl (C=O) groups excluding carboxylic acids is 2. The Morgan fingerprint density at radius 2 is 2.03 bits per heavy atom. The van der Waals surface area contributed by atoms with Gasteiger partial charge in [-0.25, -0.2) is 13.2 Å². The fraction of sp³-hybridized carbons (Fsp3) is 0.333. The van der Waals surface area contributed by atoms with Gasteiger partial charge in [-0.2, -0.15) is 9.29 Å². The van der Waals surface area contributed by atoms with Gasteiger partial charge in [-0.15, -0.1) is 11.3 Å². The standard InChI is InChI=1S/C21H22N4O6S2/c1-13-22-19(24-31-13)16-10-18(32-12-16)33(28,29)25-9-3-4-15(11-25)20(26)23-17-7-5-14(6-8-17)21(27)30-2/h5-8,10,12,15H,3-4,9,11H2,1-2H3,(H,23,26)/t15-/m1/s1. The third kappa shape index (κ3) is 4.97. The highest BCUT2D eigenvalue weighted by molar-refractivity contribution is 7.91. The minimum Gasteiger partial charge on any atom is -0.465 e. The molecule has 3 heterocycles. The van der Waals surface area contributed by atoms with Gasteiger partial charge in [0.2, 0.25) is 17.6 Å². The SMILES string of the molecule is COC(=O)c1ccc(NC(=O)[C@@H]2CCCN(S(=O)(=O)c3cc(-c4noc(C)n4)cs3)C2)cc1. The van der Waals surface area contributed by atoms with Crippen molar-refractivity contribution in [1.29, 1.82) is 0 Å². The number of hydrogen-bond acceptors (Lipinski definition) is 9. The van der Waals surface area contributed by atoms with Crippen LogP contribution in [-0.4, -0.2) is 54.9 Å². The van der Waals surface area contributed by atoms with Gasteiger partial charge in [-0.1, -0.05) is 5.16 Å². The molecule has 1 N–H and O–H groups in total. The molecule has 1 aliphatic heterocycles. The van der Waals surface area contributed by atoms with Gasteiger partial charge in [-0.05, 0) is 43.2 Å². The van der Waals surface area contributed by atoms with Crippen LogP contribution < -0.4 is 5.32 Å². The maximum atomic E-state index is 13.2. The van der Waals surface area contributed by atoms with Crippen LogP contribution in [0.4, 0.5) is 5.69 Å². The number of amides is 1. The van der Waals surface area contributed by atoms with Gasteiger partial charge in [0.25, 0.3) is 10.0 Å². The molecular formula is C21H22N4O6S2. The highest BCUT2D eigenvalue weighted by Gasteiger charge is 2.34. The molecule has 33 heavy (non-hydrogen) atoms. The number of anilines is 1. The van der Waals surface area contributed by atoms with Gasteiger partial charge in [-0.3, -0.25) is 4.79 Å². The second-order valence-corrected chi connectivity index (χ2v) is 10.6. The van der Waals surface area contributed by atoms with Crippen LogP contribution in [0.3, 0.4) is 0 Å². The molecule has 3 aromatic rings. The predicted molar refractivity (Wildman–Crippen MR) is 120 cm³/mol. The lowest BCUT2D eigenvalue weighted by molar-refractivity contribution is -0.120. The summed E-state index contributed by atoms with van der Waals surface area (Å²) in [5.74, 6) is -0.500. The van der Waals surface area contributed by atoms with E-state index in [4.69, 9.17) is 4.52 Å². The number of carbonyl (C=O) groups is 2. The lowest BCUT2D eigenvalue weighted by Crippen LogP contribution is -2.43. The first kappa shape index (κ1) is 23.1. The number of thiophene rings is 1. The average Bonchev–Trinajstić information content (AvgIpc) is 3.49. The van der Waals surface area contributed by atoms with E-state index < -0.39 is 21.9 Å².